The van der Waals surface area contributed by atoms with Crippen LogP contribution in [0.1, 0.15) is 15.9 Å². The van der Waals surface area contributed by atoms with E-state index in [0.29, 0.717) is 11.5 Å². The van der Waals surface area contributed by atoms with Gasteiger partial charge in [-0.15, -0.1) is 0 Å². The molecule has 6 nitrogen and oxygen atoms in total. The van der Waals surface area contributed by atoms with Crippen LogP contribution in [0, 0.1) is 0 Å². The standard InChI is InChI=1S/C21H19NO5S/c1-22-28(24,25)20-12-6-8-17(14-20)21(23)26-15-16-7-5-11-19(13-16)27-18-9-3-2-4-10-18/h2-14,22H,15H2,1H3. The topological polar surface area (TPSA) is 81.7 Å². The van der Waals surface area contributed by atoms with E-state index in [1.165, 1.54) is 31.3 Å². The van der Waals surface area contributed by atoms with Gasteiger partial charge < -0.3 is 9.47 Å². The van der Waals surface area contributed by atoms with Gasteiger partial charge in [-0.05, 0) is 55.1 Å². The molecule has 0 aliphatic rings. The van der Waals surface area contributed by atoms with Crippen molar-refractivity contribution in [1.82, 2.24) is 4.72 Å². The summed E-state index contributed by atoms with van der Waals surface area (Å²) in [6.07, 6.45) is 0. The second-order valence-corrected chi connectivity index (χ2v) is 7.76. The lowest BCUT2D eigenvalue weighted by atomic mass is 10.2. The van der Waals surface area contributed by atoms with Crippen molar-refractivity contribution in [2.24, 2.45) is 0 Å². The second-order valence-electron chi connectivity index (χ2n) is 5.87. The number of carbonyl (C=O) groups excluding carboxylic acids is 1. The number of nitrogens with one attached hydrogen (secondary N) is 1. The first-order chi connectivity index (χ1) is 13.5. The van der Waals surface area contributed by atoms with E-state index < -0.39 is 16.0 Å². The lowest BCUT2D eigenvalue weighted by molar-refractivity contribution is 0.0472. The Labute approximate surface area is 163 Å². The van der Waals surface area contributed by atoms with E-state index in [1.807, 2.05) is 48.5 Å². The number of rotatable bonds is 7. The van der Waals surface area contributed by atoms with Crippen LogP contribution in [0.5, 0.6) is 11.5 Å². The van der Waals surface area contributed by atoms with E-state index in [9.17, 15) is 13.2 Å². The summed E-state index contributed by atoms with van der Waals surface area (Å²) in [4.78, 5) is 12.3. The average molecular weight is 397 g/mol. The first kappa shape index (κ1) is 19.6. The summed E-state index contributed by atoms with van der Waals surface area (Å²) >= 11 is 0. The highest BCUT2D eigenvalue weighted by atomic mass is 32.2. The first-order valence-electron chi connectivity index (χ1n) is 8.50. The third-order valence-electron chi connectivity index (χ3n) is 3.90. The Morgan fingerprint density at radius 3 is 2.36 bits per heavy atom. The van der Waals surface area contributed by atoms with Gasteiger partial charge in [-0.25, -0.2) is 17.9 Å². The number of benzene rings is 3. The lowest BCUT2D eigenvalue weighted by Crippen LogP contribution is -2.19. The molecule has 0 saturated heterocycles. The molecule has 0 unspecified atom stereocenters. The van der Waals surface area contributed by atoms with E-state index in [1.54, 1.807) is 6.07 Å². The molecule has 0 heterocycles. The molecular weight excluding hydrogens is 378 g/mol. The van der Waals surface area contributed by atoms with Gasteiger partial charge in [0.05, 0.1) is 10.5 Å². The minimum atomic E-state index is -3.63. The van der Waals surface area contributed by atoms with Crippen molar-refractivity contribution in [3.05, 3.63) is 90.0 Å². The monoisotopic (exact) mass is 397 g/mol. The van der Waals surface area contributed by atoms with Crippen molar-refractivity contribution in [3.63, 3.8) is 0 Å². The third kappa shape index (κ3) is 4.97. The van der Waals surface area contributed by atoms with Crippen molar-refractivity contribution in [1.29, 1.82) is 0 Å². The fourth-order valence-electron chi connectivity index (χ4n) is 2.46. The average Bonchev–Trinajstić information content (AvgIpc) is 2.73. The second kappa shape index (κ2) is 8.69. The quantitative estimate of drug-likeness (QED) is 0.614. The molecule has 0 amide bonds. The molecular formula is C21H19NO5S. The summed E-state index contributed by atoms with van der Waals surface area (Å²) in [7, 11) is -2.32. The van der Waals surface area contributed by atoms with Gasteiger partial charge >= 0.3 is 5.97 Å². The Bertz CT molecular complexity index is 1060. The van der Waals surface area contributed by atoms with Crippen molar-refractivity contribution in [2.45, 2.75) is 11.5 Å². The minimum absolute atomic E-state index is 0.00251. The first-order valence-corrected chi connectivity index (χ1v) is 9.99. The Morgan fingerprint density at radius 1 is 0.893 bits per heavy atom. The summed E-state index contributed by atoms with van der Waals surface area (Å²) in [5, 5.41) is 0. The fraction of sp³-hybridized carbons (Fsp3) is 0.0952. The molecule has 0 aromatic heterocycles. The summed E-state index contributed by atoms with van der Waals surface area (Å²) in [5.74, 6) is 0.726. The highest BCUT2D eigenvalue weighted by Gasteiger charge is 2.15. The van der Waals surface area contributed by atoms with E-state index in [0.717, 1.165) is 5.56 Å². The summed E-state index contributed by atoms with van der Waals surface area (Å²) in [6, 6.07) is 22.3. The predicted octanol–water partition coefficient (Wildman–Crippen LogP) is 3.74. The summed E-state index contributed by atoms with van der Waals surface area (Å²) < 4.78 is 37.0. The SMILES string of the molecule is CNS(=O)(=O)c1cccc(C(=O)OCc2cccc(Oc3ccccc3)c2)c1. The Balaban J connectivity index is 1.67. The van der Waals surface area contributed by atoms with Crippen molar-refractivity contribution in [2.75, 3.05) is 7.05 Å². The zero-order valence-corrected chi connectivity index (χ0v) is 16.0. The fourth-order valence-corrected chi connectivity index (χ4v) is 3.24. The van der Waals surface area contributed by atoms with Crippen molar-refractivity contribution < 1.29 is 22.7 Å². The molecule has 0 aliphatic carbocycles. The molecule has 0 fully saturated rings. The molecule has 0 radical (unpaired) electrons. The number of esters is 1. The number of para-hydroxylation sites is 1. The largest absolute Gasteiger partial charge is 0.457 e. The molecule has 0 aliphatic heterocycles. The van der Waals surface area contributed by atoms with Gasteiger partial charge in [-0.1, -0.05) is 36.4 Å². The number of hydrogen-bond donors (Lipinski definition) is 1. The molecule has 0 atom stereocenters. The molecule has 144 valence electrons. The molecule has 0 saturated carbocycles. The summed E-state index contributed by atoms with van der Waals surface area (Å²) in [5.41, 5.74) is 0.911. The Kier molecular flexibility index (Phi) is 6.08. The van der Waals surface area contributed by atoms with Crippen LogP contribution in [-0.4, -0.2) is 21.4 Å². The van der Waals surface area contributed by atoms with Gasteiger partial charge in [0.2, 0.25) is 10.0 Å². The maximum absolute atomic E-state index is 12.3. The van der Waals surface area contributed by atoms with Gasteiger partial charge in [0, 0.05) is 0 Å². The molecule has 0 bridgehead atoms. The van der Waals surface area contributed by atoms with Gasteiger partial charge in [0.1, 0.15) is 18.1 Å². The Morgan fingerprint density at radius 2 is 1.61 bits per heavy atom. The zero-order chi connectivity index (χ0) is 20.0. The maximum atomic E-state index is 12.3. The number of sulfonamides is 1. The number of ether oxygens (including phenoxy) is 2. The van der Waals surface area contributed by atoms with Gasteiger partial charge in [-0.2, -0.15) is 0 Å². The normalized spacial score (nSPS) is 11.0. The number of hydrogen-bond acceptors (Lipinski definition) is 5. The van der Waals surface area contributed by atoms with Crippen molar-refractivity contribution in [3.8, 4) is 11.5 Å². The predicted molar refractivity (Wildman–Crippen MR) is 105 cm³/mol. The minimum Gasteiger partial charge on any atom is -0.457 e. The summed E-state index contributed by atoms with van der Waals surface area (Å²) in [6.45, 7) is 0.0355. The van der Waals surface area contributed by atoms with Crippen LogP contribution in [0.2, 0.25) is 0 Å². The molecule has 0 spiro atoms. The molecule has 28 heavy (non-hydrogen) atoms. The van der Waals surface area contributed by atoms with Crippen LogP contribution in [-0.2, 0) is 21.4 Å². The molecule has 3 aromatic carbocycles. The van der Waals surface area contributed by atoms with E-state index >= 15 is 0 Å². The maximum Gasteiger partial charge on any atom is 0.338 e. The van der Waals surface area contributed by atoms with E-state index in [4.69, 9.17) is 9.47 Å². The van der Waals surface area contributed by atoms with Crippen LogP contribution >= 0.6 is 0 Å². The third-order valence-corrected chi connectivity index (χ3v) is 5.31. The molecule has 3 rings (SSSR count). The van der Waals surface area contributed by atoms with E-state index in [-0.39, 0.29) is 17.1 Å². The van der Waals surface area contributed by atoms with Crippen LogP contribution < -0.4 is 9.46 Å². The van der Waals surface area contributed by atoms with E-state index in [2.05, 4.69) is 4.72 Å². The van der Waals surface area contributed by atoms with Gasteiger partial charge in [0.25, 0.3) is 0 Å². The van der Waals surface area contributed by atoms with Crippen LogP contribution in [0.25, 0.3) is 0 Å². The lowest BCUT2D eigenvalue weighted by Gasteiger charge is -2.09. The zero-order valence-electron chi connectivity index (χ0n) is 15.2. The van der Waals surface area contributed by atoms with Crippen LogP contribution in [0.3, 0.4) is 0 Å². The van der Waals surface area contributed by atoms with Gasteiger partial charge in [0.15, 0.2) is 0 Å². The highest BCUT2D eigenvalue weighted by molar-refractivity contribution is 7.89. The van der Waals surface area contributed by atoms with Crippen LogP contribution in [0.15, 0.2) is 83.8 Å². The molecule has 3 aromatic rings. The highest BCUT2D eigenvalue weighted by Crippen LogP contribution is 2.22. The molecule has 1 N–H and O–H groups in total. The van der Waals surface area contributed by atoms with Crippen LogP contribution in [0.4, 0.5) is 0 Å². The smallest absolute Gasteiger partial charge is 0.338 e. The number of carbonyl (C=O) groups is 1. The van der Waals surface area contributed by atoms with Gasteiger partial charge in [-0.3, -0.25) is 0 Å². The molecule has 7 heteroatoms. The van der Waals surface area contributed by atoms with Crippen molar-refractivity contribution >= 4 is 16.0 Å². The Hall–Kier alpha value is -3.16.